The van der Waals surface area contributed by atoms with Gasteiger partial charge in [-0.1, -0.05) is 18.6 Å². The van der Waals surface area contributed by atoms with Crippen LogP contribution in [-0.4, -0.2) is 27.0 Å². The summed E-state index contributed by atoms with van der Waals surface area (Å²) in [6.45, 7) is 7.53. The highest BCUT2D eigenvalue weighted by Crippen LogP contribution is 2.20. The van der Waals surface area contributed by atoms with Crippen LogP contribution in [0.4, 0.5) is 0 Å². The Bertz CT molecular complexity index is 898. The van der Waals surface area contributed by atoms with Crippen LogP contribution < -0.4 is 5.32 Å². The van der Waals surface area contributed by atoms with Gasteiger partial charge in [0.05, 0.1) is 11.1 Å². The number of rotatable bonds is 6. The average molecular weight is 336 g/mol. The first-order valence-corrected chi connectivity index (χ1v) is 8.74. The predicted octanol–water partition coefficient (Wildman–Crippen LogP) is 3.43. The summed E-state index contributed by atoms with van der Waals surface area (Å²) in [5.74, 6) is 1.04. The molecule has 0 aliphatic rings. The number of nitrogens with one attached hydrogen (secondary N) is 1. The average Bonchev–Trinajstić information content (AvgIpc) is 3.05. The van der Waals surface area contributed by atoms with Gasteiger partial charge < -0.3 is 9.88 Å². The highest BCUT2D eigenvalue weighted by Gasteiger charge is 2.12. The quantitative estimate of drug-likeness (QED) is 0.702. The molecule has 1 amide bonds. The molecular weight excluding hydrogens is 312 g/mol. The van der Waals surface area contributed by atoms with Crippen LogP contribution in [0.3, 0.4) is 0 Å². The van der Waals surface area contributed by atoms with E-state index >= 15 is 0 Å². The number of hydrogen-bond acceptors (Lipinski definition) is 3. The molecule has 1 N–H and O–H groups in total. The molecular formula is C20H24N4O. The number of nitrogens with zero attached hydrogens (tertiary/aromatic N) is 3. The summed E-state index contributed by atoms with van der Waals surface area (Å²) in [4.78, 5) is 21.5. The SMILES string of the molecule is CCc1nccn1CCCNC(=O)c1cc(C)nc2ccc(C)cc12. The lowest BCUT2D eigenvalue weighted by molar-refractivity contribution is 0.0954. The molecule has 0 radical (unpaired) electrons. The largest absolute Gasteiger partial charge is 0.352 e. The molecule has 25 heavy (non-hydrogen) atoms. The van der Waals surface area contributed by atoms with Crippen molar-refractivity contribution in [3.05, 3.63) is 59.3 Å². The lowest BCUT2D eigenvalue weighted by atomic mass is 10.0. The third kappa shape index (κ3) is 3.87. The van der Waals surface area contributed by atoms with Crippen molar-refractivity contribution in [3.8, 4) is 0 Å². The summed E-state index contributed by atoms with van der Waals surface area (Å²) < 4.78 is 2.14. The molecule has 0 bridgehead atoms. The first kappa shape index (κ1) is 17.1. The first-order chi connectivity index (χ1) is 12.1. The molecule has 3 aromatic rings. The fourth-order valence-corrected chi connectivity index (χ4v) is 3.06. The Morgan fingerprint density at radius 1 is 1.24 bits per heavy atom. The van der Waals surface area contributed by atoms with Crippen LogP contribution in [0, 0.1) is 13.8 Å². The Labute approximate surface area is 148 Å². The van der Waals surface area contributed by atoms with E-state index in [9.17, 15) is 4.79 Å². The zero-order chi connectivity index (χ0) is 17.8. The van der Waals surface area contributed by atoms with Gasteiger partial charge in [-0.3, -0.25) is 9.78 Å². The van der Waals surface area contributed by atoms with Gasteiger partial charge in [0, 0.05) is 43.0 Å². The molecule has 0 aliphatic heterocycles. The highest BCUT2D eigenvalue weighted by atomic mass is 16.1. The van der Waals surface area contributed by atoms with Crippen LogP contribution in [0.25, 0.3) is 10.9 Å². The second-order valence-corrected chi connectivity index (χ2v) is 6.33. The maximum absolute atomic E-state index is 12.6. The molecule has 0 fully saturated rings. The van der Waals surface area contributed by atoms with Crippen LogP contribution in [0.2, 0.25) is 0 Å². The molecule has 2 aromatic heterocycles. The zero-order valence-corrected chi connectivity index (χ0v) is 15.0. The number of imidazole rings is 1. The highest BCUT2D eigenvalue weighted by molar-refractivity contribution is 6.06. The number of pyridine rings is 1. The summed E-state index contributed by atoms with van der Waals surface area (Å²) in [6, 6.07) is 7.88. The minimum atomic E-state index is -0.0394. The fraction of sp³-hybridized carbons (Fsp3) is 0.350. The minimum absolute atomic E-state index is 0.0394. The van der Waals surface area contributed by atoms with E-state index in [1.807, 2.05) is 50.5 Å². The summed E-state index contributed by atoms with van der Waals surface area (Å²) in [7, 11) is 0. The van der Waals surface area contributed by atoms with Gasteiger partial charge >= 0.3 is 0 Å². The van der Waals surface area contributed by atoms with E-state index in [0.717, 1.165) is 47.4 Å². The molecule has 5 nitrogen and oxygen atoms in total. The molecule has 0 unspecified atom stereocenters. The number of benzene rings is 1. The van der Waals surface area contributed by atoms with Crippen LogP contribution >= 0.6 is 0 Å². The lowest BCUT2D eigenvalue weighted by Gasteiger charge is -2.10. The third-order valence-electron chi connectivity index (χ3n) is 4.32. The van der Waals surface area contributed by atoms with Crippen molar-refractivity contribution in [1.29, 1.82) is 0 Å². The molecule has 3 rings (SSSR count). The number of hydrogen-bond donors (Lipinski definition) is 1. The summed E-state index contributed by atoms with van der Waals surface area (Å²) in [5.41, 5.74) is 3.54. The van der Waals surface area contributed by atoms with E-state index in [1.165, 1.54) is 0 Å². The third-order valence-corrected chi connectivity index (χ3v) is 4.32. The van der Waals surface area contributed by atoms with Crippen molar-refractivity contribution in [2.75, 3.05) is 6.54 Å². The van der Waals surface area contributed by atoms with Crippen LogP contribution in [0.1, 0.15) is 40.8 Å². The predicted molar refractivity (Wildman–Crippen MR) is 99.8 cm³/mol. The van der Waals surface area contributed by atoms with Gasteiger partial charge in [-0.15, -0.1) is 0 Å². The second-order valence-electron chi connectivity index (χ2n) is 6.33. The Morgan fingerprint density at radius 3 is 2.88 bits per heavy atom. The van der Waals surface area contributed by atoms with Gasteiger partial charge in [0.25, 0.3) is 5.91 Å². The monoisotopic (exact) mass is 336 g/mol. The molecule has 0 atom stereocenters. The standard InChI is InChI=1S/C20H24N4O/c1-4-19-21-9-11-24(19)10-5-8-22-20(25)17-13-15(3)23-18-7-6-14(2)12-16(17)18/h6-7,9,11-13H,4-5,8,10H2,1-3H3,(H,22,25). The van der Waals surface area contributed by atoms with Crippen molar-refractivity contribution >= 4 is 16.8 Å². The molecule has 130 valence electrons. The maximum Gasteiger partial charge on any atom is 0.252 e. The summed E-state index contributed by atoms with van der Waals surface area (Å²) in [6.07, 6.45) is 5.60. The first-order valence-electron chi connectivity index (χ1n) is 8.74. The molecule has 1 aromatic carbocycles. The van der Waals surface area contributed by atoms with Gasteiger partial charge in [-0.05, 0) is 38.5 Å². The Kier molecular flexibility index (Phi) is 5.12. The minimum Gasteiger partial charge on any atom is -0.352 e. The maximum atomic E-state index is 12.6. The molecule has 2 heterocycles. The van der Waals surface area contributed by atoms with Crippen LogP contribution in [0.15, 0.2) is 36.7 Å². The van der Waals surface area contributed by atoms with Gasteiger partial charge in [0.15, 0.2) is 0 Å². The molecule has 0 saturated heterocycles. The van der Waals surface area contributed by atoms with Crippen molar-refractivity contribution in [2.45, 2.75) is 40.2 Å². The van der Waals surface area contributed by atoms with Crippen LogP contribution in [-0.2, 0) is 13.0 Å². The van der Waals surface area contributed by atoms with Crippen LogP contribution in [0.5, 0.6) is 0 Å². The van der Waals surface area contributed by atoms with Crippen molar-refractivity contribution in [2.24, 2.45) is 0 Å². The topological polar surface area (TPSA) is 59.8 Å². The number of fused-ring (bicyclic) bond motifs is 1. The fourth-order valence-electron chi connectivity index (χ4n) is 3.06. The zero-order valence-electron chi connectivity index (χ0n) is 15.0. The number of aryl methyl sites for hydroxylation is 4. The van der Waals surface area contributed by atoms with E-state index in [1.54, 1.807) is 0 Å². The lowest BCUT2D eigenvalue weighted by Crippen LogP contribution is -2.25. The second kappa shape index (κ2) is 7.47. The molecule has 0 aliphatic carbocycles. The number of aromatic nitrogens is 3. The van der Waals surface area contributed by atoms with E-state index < -0.39 is 0 Å². The number of amides is 1. The van der Waals surface area contributed by atoms with Crippen molar-refractivity contribution in [1.82, 2.24) is 19.9 Å². The van der Waals surface area contributed by atoms with E-state index in [2.05, 4.69) is 26.8 Å². The van der Waals surface area contributed by atoms with Gasteiger partial charge in [-0.2, -0.15) is 0 Å². The molecule has 0 spiro atoms. The Hall–Kier alpha value is -2.69. The number of carbonyl (C=O) groups excluding carboxylic acids is 1. The van der Waals surface area contributed by atoms with Gasteiger partial charge in [-0.25, -0.2) is 4.98 Å². The van der Waals surface area contributed by atoms with E-state index in [-0.39, 0.29) is 5.91 Å². The van der Waals surface area contributed by atoms with Crippen molar-refractivity contribution in [3.63, 3.8) is 0 Å². The normalized spacial score (nSPS) is 11.0. The van der Waals surface area contributed by atoms with E-state index in [4.69, 9.17) is 0 Å². The van der Waals surface area contributed by atoms with Gasteiger partial charge in [0.1, 0.15) is 5.82 Å². The van der Waals surface area contributed by atoms with Gasteiger partial charge in [0.2, 0.25) is 0 Å². The Balaban J connectivity index is 1.67. The molecule has 5 heteroatoms. The summed E-state index contributed by atoms with van der Waals surface area (Å²) in [5, 5.41) is 3.95. The smallest absolute Gasteiger partial charge is 0.252 e. The Morgan fingerprint density at radius 2 is 2.08 bits per heavy atom. The van der Waals surface area contributed by atoms with E-state index in [0.29, 0.717) is 12.1 Å². The summed E-state index contributed by atoms with van der Waals surface area (Å²) >= 11 is 0. The molecule has 0 saturated carbocycles. The number of carbonyl (C=O) groups is 1. The van der Waals surface area contributed by atoms with Crippen molar-refractivity contribution < 1.29 is 4.79 Å².